The van der Waals surface area contributed by atoms with Gasteiger partial charge in [0, 0.05) is 24.3 Å². The van der Waals surface area contributed by atoms with Crippen LogP contribution in [0.2, 0.25) is 0 Å². The Labute approximate surface area is 96.2 Å². The van der Waals surface area contributed by atoms with Gasteiger partial charge in [-0.1, -0.05) is 0 Å². The third-order valence-electron chi connectivity index (χ3n) is 3.75. The molecule has 1 aromatic heterocycles. The number of nitrogens with one attached hydrogen (secondary N) is 1. The van der Waals surface area contributed by atoms with Crippen molar-refractivity contribution >= 4 is 5.82 Å². The second-order valence-electron chi connectivity index (χ2n) is 5.12. The first kappa shape index (κ1) is 10.1. The lowest BCUT2D eigenvalue weighted by Gasteiger charge is -2.39. The first-order chi connectivity index (χ1) is 7.72. The molecular formula is C13H18N2O. The van der Waals surface area contributed by atoms with Gasteiger partial charge in [-0.15, -0.1) is 0 Å². The van der Waals surface area contributed by atoms with Gasteiger partial charge in [0.1, 0.15) is 5.82 Å². The molecule has 1 aliphatic heterocycles. The molecule has 1 unspecified atom stereocenters. The first-order valence-electron chi connectivity index (χ1n) is 6.02. The zero-order valence-electron chi connectivity index (χ0n) is 9.86. The van der Waals surface area contributed by atoms with Gasteiger partial charge in [0.05, 0.1) is 6.61 Å². The van der Waals surface area contributed by atoms with E-state index in [1.807, 2.05) is 6.92 Å². The van der Waals surface area contributed by atoms with Crippen LogP contribution in [0.25, 0.3) is 0 Å². The quantitative estimate of drug-likeness (QED) is 0.826. The molecule has 1 saturated carbocycles. The molecule has 0 aromatic carbocycles. The maximum absolute atomic E-state index is 5.49. The SMILES string of the molecule is Cc1cc(C)nc(NC2C[C@@H]3COC[C@H]23)c1. The lowest BCUT2D eigenvalue weighted by molar-refractivity contribution is 0.187. The summed E-state index contributed by atoms with van der Waals surface area (Å²) in [6.45, 7) is 6.04. The van der Waals surface area contributed by atoms with E-state index in [9.17, 15) is 0 Å². The van der Waals surface area contributed by atoms with E-state index >= 15 is 0 Å². The van der Waals surface area contributed by atoms with Gasteiger partial charge in [0.15, 0.2) is 0 Å². The van der Waals surface area contributed by atoms with Crippen molar-refractivity contribution in [1.29, 1.82) is 0 Å². The Morgan fingerprint density at radius 2 is 2.19 bits per heavy atom. The summed E-state index contributed by atoms with van der Waals surface area (Å²) in [5.41, 5.74) is 2.36. The standard InChI is InChI=1S/C13H18N2O/c1-8-3-9(2)14-13(4-8)15-12-5-10-6-16-7-11(10)12/h3-4,10-12H,5-7H2,1-2H3,(H,14,15)/t10-,11+,12?/m1/s1. The van der Waals surface area contributed by atoms with Crippen LogP contribution in [0.15, 0.2) is 12.1 Å². The number of fused-ring (bicyclic) bond motifs is 1. The zero-order chi connectivity index (χ0) is 11.1. The molecule has 0 spiro atoms. The number of hydrogen-bond acceptors (Lipinski definition) is 3. The molecule has 1 aliphatic carbocycles. The minimum atomic E-state index is 0.571. The van der Waals surface area contributed by atoms with Gasteiger partial charge in [-0.3, -0.25) is 0 Å². The Bertz CT molecular complexity index is 385. The number of ether oxygens (including phenoxy) is 1. The Balaban J connectivity index is 1.70. The van der Waals surface area contributed by atoms with Crippen molar-refractivity contribution < 1.29 is 4.74 Å². The Kier molecular flexibility index (Phi) is 2.36. The summed E-state index contributed by atoms with van der Waals surface area (Å²) in [5.74, 6) is 2.53. The molecule has 1 saturated heterocycles. The summed E-state index contributed by atoms with van der Waals surface area (Å²) in [4.78, 5) is 4.52. The zero-order valence-corrected chi connectivity index (χ0v) is 9.86. The summed E-state index contributed by atoms with van der Waals surface area (Å²) >= 11 is 0. The third-order valence-corrected chi connectivity index (χ3v) is 3.75. The minimum Gasteiger partial charge on any atom is -0.381 e. The number of hydrogen-bond donors (Lipinski definition) is 1. The molecule has 2 aliphatic rings. The molecular weight excluding hydrogens is 200 g/mol. The fraction of sp³-hybridized carbons (Fsp3) is 0.615. The summed E-state index contributed by atoms with van der Waals surface area (Å²) in [5, 5.41) is 3.54. The molecule has 0 amide bonds. The van der Waals surface area contributed by atoms with E-state index in [0.29, 0.717) is 12.0 Å². The Morgan fingerprint density at radius 1 is 1.31 bits per heavy atom. The van der Waals surface area contributed by atoms with Crippen LogP contribution in [-0.4, -0.2) is 24.2 Å². The second kappa shape index (κ2) is 3.74. The summed E-state index contributed by atoms with van der Waals surface area (Å²) < 4.78 is 5.49. The summed E-state index contributed by atoms with van der Waals surface area (Å²) in [6.07, 6.45) is 1.24. The fourth-order valence-corrected chi connectivity index (χ4v) is 2.88. The summed E-state index contributed by atoms with van der Waals surface area (Å²) in [6, 6.07) is 4.80. The highest BCUT2D eigenvalue weighted by Gasteiger charge is 2.44. The van der Waals surface area contributed by atoms with Crippen LogP contribution in [0.5, 0.6) is 0 Å². The average molecular weight is 218 g/mol. The van der Waals surface area contributed by atoms with Crippen LogP contribution in [0.4, 0.5) is 5.82 Å². The van der Waals surface area contributed by atoms with Crippen LogP contribution < -0.4 is 5.32 Å². The largest absolute Gasteiger partial charge is 0.381 e. The smallest absolute Gasteiger partial charge is 0.126 e. The predicted octanol–water partition coefficient (Wildman–Crippen LogP) is 2.15. The molecule has 86 valence electrons. The van der Waals surface area contributed by atoms with Gasteiger partial charge in [0.2, 0.25) is 0 Å². The number of pyridine rings is 1. The van der Waals surface area contributed by atoms with Crippen molar-refractivity contribution in [2.45, 2.75) is 26.3 Å². The van der Waals surface area contributed by atoms with E-state index in [4.69, 9.17) is 4.74 Å². The molecule has 1 N–H and O–H groups in total. The van der Waals surface area contributed by atoms with Gasteiger partial charge in [-0.2, -0.15) is 0 Å². The van der Waals surface area contributed by atoms with Crippen molar-refractivity contribution in [3.8, 4) is 0 Å². The lowest BCUT2D eigenvalue weighted by Crippen LogP contribution is -2.45. The molecule has 16 heavy (non-hydrogen) atoms. The van der Waals surface area contributed by atoms with Crippen LogP contribution in [0.3, 0.4) is 0 Å². The molecule has 0 bridgehead atoms. The molecule has 2 heterocycles. The Morgan fingerprint density at radius 3 is 2.94 bits per heavy atom. The molecule has 3 nitrogen and oxygen atoms in total. The molecule has 3 atom stereocenters. The monoisotopic (exact) mass is 218 g/mol. The Hall–Kier alpha value is -1.09. The molecule has 0 radical (unpaired) electrons. The average Bonchev–Trinajstić information content (AvgIpc) is 2.55. The van der Waals surface area contributed by atoms with Gasteiger partial charge in [-0.05, 0) is 43.9 Å². The molecule has 1 aromatic rings. The van der Waals surface area contributed by atoms with E-state index in [1.165, 1.54) is 12.0 Å². The van der Waals surface area contributed by atoms with Crippen LogP contribution in [0.1, 0.15) is 17.7 Å². The topological polar surface area (TPSA) is 34.2 Å². The van der Waals surface area contributed by atoms with Crippen molar-refractivity contribution in [2.75, 3.05) is 18.5 Å². The predicted molar refractivity (Wildman–Crippen MR) is 63.5 cm³/mol. The number of anilines is 1. The third kappa shape index (κ3) is 1.69. The number of aromatic nitrogens is 1. The first-order valence-corrected chi connectivity index (χ1v) is 6.02. The number of aryl methyl sites for hydroxylation is 2. The van der Waals surface area contributed by atoms with Crippen molar-refractivity contribution in [2.24, 2.45) is 11.8 Å². The highest BCUT2D eigenvalue weighted by Crippen LogP contribution is 2.40. The van der Waals surface area contributed by atoms with Gasteiger partial charge >= 0.3 is 0 Å². The van der Waals surface area contributed by atoms with Gasteiger partial charge in [0.25, 0.3) is 0 Å². The highest BCUT2D eigenvalue weighted by molar-refractivity contribution is 5.41. The van der Waals surface area contributed by atoms with Crippen molar-refractivity contribution in [3.05, 3.63) is 23.4 Å². The highest BCUT2D eigenvalue weighted by atomic mass is 16.5. The fourth-order valence-electron chi connectivity index (χ4n) is 2.88. The maximum Gasteiger partial charge on any atom is 0.126 e. The van der Waals surface area contributed by atoms with Crippen LogP contribution >= 0.6 is 0 Å². The van der Waals surface area contributed by atoms with Crippen LogP contribution in [0, 0.1) is 25.7 Å². The van der Waals surface area contributed by atoms with Gasteiger partial charge < -0.3 is 10.1 Å². The van der Waals surface area contributed by atoms with Crippen molar-refractivity contribution in [1.82, 2.24) is 4.98 Å². The van der Waals surface area contributed by atoms with E-state index in [0.717, 1.165) is 30.6 Å². The summed E-state index contributed by atoms with van der Waals surface area (Å²) in [7, 11) is 0. The normalized spacial score (nSPS) is 32.0. The van der Waals surface area contributed by atoms with Crippen molar-refractivity contribution in [3.63, 3.8) is 0 Å². The minimum absolute atomic E-state index is 0.571. The number of nitrogens with zero attached hydrogens (tertiary/aromatic N) is 1. The molecule has 3 rings (SSSR count). The second-order valence-corrected chi connectivity index (χ2v) is 5.12. The number of rotatable bonds is 2. The van der Waals surface area contributed by atoms with E-state index in [2.05, 4.69) is 29.4 Å². The van der Waals surface area contributed by atoms with E-state index in [1.54, 1.807) is 0 Å². The van der Waals surface area contributed by atoms with Gasteiger partial charge in [-0.25, -0.2) is 4.98 Å². The van der Waals surface area contributed by atoms with Crippen LogP contribution in [-0.2, 0) is 4.74 Å². The maximum atomic E-state index is 5.49. The lowest BCUT2D eigenvalue weighted by atomic mass is 9.71. The van der Waals surface area contributed by atoms with E-state index in [-0.39, 0.29) is 0 Å². The molecule has 2 fully saturated rings. The van der Waals surface area contributed by atoms with E-state index < -0.39 is 0 Å². The molecule has 3 heteroatoms.